The van der Waals surface area contributed by atoms with E-state index in [1.165, 1.54) is 0 Å². The summed E-state index contributed by atoms with van der Waals surface area (Å²) in [6.07, 6.45) is 0.327. The number of hydrogen-bond donors (Lipinski definition) is 0. The normalized spacial score (nSPS) is 16.6. The van der Waals surface area contributed by atoms with Gasteiger partial charge < -0.3 is 14.5 Å². The number of nitrogens with zero attached hydrogens (tertiary/aromatic N) is 2. The number of carbonyl (C=O) groups excluding carboxylic acids is 2. The van der Waals surface area contributed by atoms with E-state index in [2.05, 4.69) is 24.3 Å². The first-order valence-corrected chi connectivity index (χ1v) is 10.1. The quantitative estimate of drug-likeness (QED) is 0.763. The van der Waals surface area contributed by atoms with Crippen molar-refractivity contribution in [3.8, 4) is 11.1 Å². The summed E-state index contributed by atoms with van der Waals surface area (Å²) in [5.41, 5.74) is 2.85. The van der Waals surface area contributed by atoms with Crippen molar-refractivity contribution in [3.63, 3.8) is 0 Å². The van der Waals surface area contributed by atoms with E-state index in [0.29, 0.717) is 26.1 Å². The van der Waals surface area contributed by atoms with Crippen molar-refractivity contribution in [2.75, 3.05) is 20.1 Å². The lowest BCUT2D eigenvalue weighted by molar-refractivity contribution is -0.134. The molecule has 0 aliphatic carbocycles. The molecule has 1 heterocycles. The average molecular weight is 395 g/mol. The molecule has 0 radical (unpaired) electrons. The van der Waals surface area contributed by atoms with Gasteiger partial charge in [-0.15, -0.1) is 0 Å². The van der Waals surface area contributed by atoms with Gasteiger partial charge in [-0.05, 0) is 43.9 Å². The summed E-state index contributed by atoms with van der Waals surface area (Å²) in [7, 11) is 1.83. The third kappa shape index (κ3) is 5.37. The Balaban J connectivity index is 1.65. The highest BCUT2D eigenvalue weighted by Crippen LogP contribution is 2.26. The van der Waals surface area contributed by atoms with Crippen LogP contribution in [-0.2, 0) is 16.1 Å². The van der Waals surface area contributed by atoms with E-state index >= 15 is 0 Å². The molecule has 29 heavy (non-hydrogen) atoms. The molecule has 0 saturated carbocycles. The van der Waals surface area contributed by atoms with Gasteiger partial charge in [-0.3, -0.25) is 4.79 Å². The van der Waals surface area contributed by atoms with Crippen molar-refractivity contribution < 1.29 is 14.3 Å². The van der Waals surface area contributed by atoms with Crippen LogP contribution in [0.3, 0.4) is 0 Å². The first kappa shape index (κ1) is 20.9. The van der Waals surface area contributed by atoms with Crippen LogP contribution in [0.2, 0.25) is 0 Å². The summed E-state index contributed by atoms with van der Waals surface area (Å²) < 4.78 is 5.43. The highest BCUT2D eigenvalue weighted by atomic mass is 16.6. The number of amides is 2. The zero-order chi connectivity index (χ0) is 21.0. The summed E-state index contributed by atoms with van der Waals surface area (Å²) in [6.45, 7) is 7.05. The molecule has 1 aliphatic heterocycles. The van der Waals surface area contributed by atoms with Crippen molar-refractivity contribution >= 4 is 12.0 Å². The van der Waals surface area contributed by atoms with Crippen LogP contribution in [0.1, 0.15) is 32.8 Å². The van der Waals surface area contributed by atoms with E-state index in [4.69, 9.17) is 4.74 Å². The third-order valence-corrected chi connectivity index (χ3v) is 5.08. The number of ether oxygens (including phenoxy) is 1. The molecule has 0 spiro atoms. The van der Waals surface area contributed by atoms with Gasteiger partial charge in [0.2, 0.25) is 5.91 Å². The van der Waals surface area contributed by atoms with Crippen LogP contribution in [0.5, 0.6) is 0 Å². The second-order valence-corrected chi connectivity index (χ2v) is 8.63. The number of likely N-dealkylation sites (tertiary alicyclic amines) is 1. The third-order valence-electron chi connectivity index (χ3n) is 5.08. The molecule has 0 N–H and O–H groups in total. The van der Waals surface area contributed by atoms with E-state index < -0.39 is 5.60 Å². The number of rotatable bonds is 4. The van der Waals surface area contributed by atoms with Crippen molar-refractivity contribution in [1.82, 2.24) is 9.80 Å². The molecule has 1 atom stereocenters. The van der Waals surface area contributed by atoms with Gasteiger partial charge in [-0.1, -0.05) is 54.6 Å². The Morgan fingerprint density at radius 3 is 2.41 bits per heavy atom. The Labute approximate surface area is 173 Å². The zero-order valence-electron chi connectivity index (χ0n) is 17.7. The number of benzene rings is 2. The Hall–Kier alpha value is -2.82. The molecule has 5 heteroatoms. The maximum absolute atomic E-state index is 13.0. The fourth-order valence-corrected chi connectivity index (χ4v) is 3.66. The first-order valence-electron chi connectivity index (χ1n) is 10.1. The highest BCUT2D eigenvalue weighted by Gasteiger charge is 2.34. The fraction of sp³-hybridized carbons (Fsp3) is 0.417. The Kier molecular flexibility index (Phi) is 6.26. The standard InChI is InChI=1S/C24H30N2O3/c1-24(2,3)29-23(28)26-15-14-20(17-26)22(27)25(4)16-19-12-8-9-13-21(19)18-10-6-5-7-11-18/h5-13,20H,14-17H2,1-4H3. The maximum atomic E-state index is 13.0. The van der Waals surface area contributed by atoms with Gasteiger partial charge in [0.25, 0.3) is 0 Å². The minimum Gasteiger partial charge on any atom is -0.444 e. The molecule has 1 fully saturated rings. The predicted molar refractivity (Wildman–Crippen MR) is 114 cm³/mol. The lowest BCUT2D eigenvalue weighted by Crippen LogP contribution is -2.38. The van der Waals surface area contributed by atoms with Gasteiger partial charge in [-0.25, -0.2) is 4.79 Å². The van der Waals surface area contributed by atoms with Crippen molar-refractivity contribution in [2.45, 2.75) is 39.3 Å². The summed E-state index contributed by atoms with van der Waals surface area (Å²) in [6, 6.07) is 18.4. The van der Waals surface area contributed by atoms with Gasteiger partial charge in [0.1, 0.15) is 5.60 Å². The van der Waals surface area contributed by atoms with Crippen LogP contribution in [-0.4, -0.2) is 47.5 Å². The fourth-order valence-electron chi connectivity index (χ4n) is 3.66. The molecule has 1 saturated heterocycles. The molecule has 1 unspecified atom stereocenters. The van der Waals surface area contributed by atoms with E-state index in [1.807, 2.05) is 58.2 Å². The molecule has 154 valence electrons. The molecule has 2 aromatic carbocycles. The van der Waals surface area contributed by atoms with Crippen LogP contribution in [0.15, 0.2) is 54.6 Å². The number of hydrogen-bond acceptors (Lipinski definition) is 3. The topological polar surface area (TPSA) is 49.9 Å². The van der Waals surface area contributed by atoms with Gasteiger partial charge >= 0.3 is 6.09 Å². The molecular formula is C24H30N2O3. The summed E-state index contributed by atoms with van der Waals surface area (Å²) in [4.78, 5) is 28.7. The molecule has 0 bridgehead atoms. The monoisotopic (exact) mass is 394 g/mol. The smallest absolute Gasteiger partial charge is 0.410 e. The van der Waals surface area contributed by atoms with Crippen molar-refractivity contribution in [1.29, 1.82) is 0 Å². The first-order chi connectivity index (χ1) is 13.7. The zero-order valence-corrected chi connectivity index (χ0v) is 17.7. The molecule has 1 aliphatic rings. The predicted octanol–water partition coefficient (Wildman–Crippen LogP) is 4.57. The molecular weight excluding hydrogens is 364 g/mol. The molecule has 2 aromatic rings. The number of carbonyl (C=O) groups is 2. The van der Waals surface area contributed by atoms with Gasteiger partial charge in [-0.2, -0.15) is 0 Å². The van der Waals surface area contributed by atoms with Crippen molar-refractivity contribution in [2.24, 2.45) is 5.92 Å². The molecule has 0 aromatic heterocycles. The van der Waals surface area contributed by atoms with E-state index in [-0.39, 0.29) is 17.9 Å². The van der Waals surface area contributed by atoms with Crippen molar-refractivity contribution in [3.05, 3.63) is 60.2 Å². The average Bonchev–Trinajstić information content (AvgIpc) is 3.17. The van der Waals surface area contributed by atoms with Crippen LogP contribution >= 0.6 is 0 Å². The maximum Gasteiger partial charge on any atom is 0.410 e. The molecule has 3 rings (SSSR count). The SMILES string of the molecule is CN(Cc1ccccc1-c1ccccc1)C(=O)C1CCN(C(=O)OC(C)(C)C)C1. The molecule has 2 amide bonds. The Morgan fingerprint density at radius 2 is 1.72 bits per heavy atom. The van der Waals surface area contributed by atoms with Crippen LogP contribution in [0, 0.1) is 5.92 Å². The Bertz CT molecular complexity index is 858. The van der Waals surface area contributed by atoms with Crippen LogP contribution in [0.25, 0.3) is 11.1 Å². The summed E-state index contributed by atoms with van der Waals surface area (Å²) >= 11 is 0. The molecule has 5 nitrogen and oxygen atoms in total. The van der Waals surface area contributed by atoms with E-state index in [0.717, 1.165) is 16.7 Å². The van der Waals surface area contributed by atoms with Crippen LogP contribution in [0.4, 0.5) is 4.79 Å². The van der Waals surface area contributed by atoms with Gasteiger partial charge in [0, 0.05) is 26.7 Å². The van der Waals surface area contributed by atoms with E-state index in [9.17, 15) is 9.59 Å². The van der Waals surface area contributed by atoms with Crippen LogP contribution < -0.4 is 0 Å². The minimum atomic E-state index is -0.531. The second kappa shape index (κ2) is 8.68. The summed E-state index contributed by atoms with van der Waals surface area (Å²) in [5.74, 6) is -0.115. The lowest BCUT2D eigenvalue weighted by atomic mass is 9.99. The highest BCUT2D eigenvalue weighted by molar-refractivity contribution is 5.81. The lowest BCUT2D eigenvalue weighted by Gasteiger charge is -2.25. The summed E-state index contributed by atoms with van der Waals surface area (Å²) in [5, 5.41) is 0. The van der Waals surface area contributed by atoms with Gasteiger partial charge in [0.15, 0.2) is 0 Å². The minimum absolute atomic E-state index is 0.0684. The Morgan fingerprint density at radius 1 is 1.07 bits per heavy atom. The van der Waals surface area contributed by atoms with Gasteiger partial charge in [0.05, 0.1) is 5.92 Å². The second-order valence-electron chi connectivity index (χ2n) is 8.63. The largest absolute Gasteiger partial charge is 0.444 e. The van der Waals surface area contributed by atoms with E-state index in [1.54, 1.807) is 9.80 Å².